The maximum absolute atomic E-state index is 12.7. The summed E-state index contributed by atoms with van der Waals surface area (Å²) in [5.41, 5.74) is 1.01. The maximum atomic E-state index is 12.7. The van der Waals surface area contributed by atoms with Gasteiger partial charge >= 0.3 is 0 Å². The molecular weight excluding hydrogens is 300 g/mol. The molecule has 0 saturated carbocycles. The fraction of sp³-hybridized carbons (Fsp3) is 0.588. The van der Waals surface area contributed by atoms with Crippen molar-refractivity contribution in [2.24, 2.45) is 0 Å². The highest BCUT2D eigenvalue weighted by atomic mass is 35.5. The second kappa shape index (κ2) is 7.44. The zero-order valence-corrected chi connectivity index (χ0v) is 13.6. The minimum Gasteiger partial charge on any atom is -0.377 e. The number of hydrogen-bond donors (Lipinski definition) is 0. The van der Waals surface area contributed by atoms with Crippen LogP contribution >= 0.6 is 11.6 Å². The van der Waals surface area contributed by atoms with Gasteiger partial charge in [-0.1, -0.05) is 23.7 Å². The van der Waals surface area contributed by atoms with E-state index in [1.165, 1.54) is 12.8 Å². The Morgan fingerprint density at radius 1 is 1.18 bits per heavy atom. The Morgan fingerprint density at radius 3 is 2.64 bits per heavy atom. The molecule has 0 N–H and O–H groups in total. The van der Waals surface area contributed by atoms with E-state index in [-0.39, 0.29) is 11.9 Å². The number of nitrogens with zero attached hydrogens (tertiary/aromatic N) is 2. The topological polar surface area (TPSA) is 32.8 Å². The van der Waals surface area contributed by atoms with Crippen LogP contribution in [0.25, 0.3) is 0 Å². The van der Waals surface area contributed by atoms with Crippen LogP contribution in [0.4, 0.5) is 0 Å². The number of halogens is 1. The van der Waals surface area contributed by atoms with Gasteiger partial charge < -0.3 is 14.5 Å². The van der Waals surface area contributed by atoms with Gasteiger partial charge in [0, 0.05) is 18.1 Å². The van der Waals surface area contributed by atoms with Gasteiger partial charge in [-0.3, -0.25) is 4.79 Å². The van der Waals surface area contributed by atoms with Crippen LogP contribution in [0.3, 0.4) is 0 Å². The van der Waals surface area contributed by atoms with E-state index in [0.717, 1.165) is 25.2 Å². The third kappa shape index (κ3) is 4.00. The molecule has 2 saturated heterocycles. The number of carbonyl (C=O) groups is 1. The molecule has 1 atom stereocenters. The molecule has 2 aliphatic rings. The van der Waals surface area contributed by atoms with Gasteiger partial charge in [0.15, 0.2) is 0 Å². The largest absolute Gasteiger partial charge is 0.377 e. The van der Waals surface area contributed by atoms with Crippen molar-refractivity contribution in [1.82, 2.24) is 9.80 Å². The fourth-order valence-electron chi connectivity index (χ4n) is 3.28. The summed E-state index contributed by atoms with van der Waals surface area (Å²) in [6, 6.07) is 7.72. The summed E-state index contributed by atoms with van der Waals surface area (Å²) in [7, 11) is 0. The summed E-state index contributed by atoms with van der Waals surface area (Å²) in [5, 5.41) is 0.703. The monoisotopic (exact) mass is 322 g/mol. The average molecular weight is 323 g/mol. The Hall–Kier alpha value is -1.10. The van der Waals surface area contributed by atoms with Gasteiger partial charge in [0.2, 0.25) is 5.91 Å². The number of benzene rings is 1. The van der Waals surface area contributed by atoms with Gasteiger partial charge in [-0.15, -0.1) is 0 Å². The minimum atomic E-state index is 0.187. The zero-order chi connectivity index (χ0) is 15.4. The zero-order valence-electron chi connectivity index (χ0n) is 12.8. The van der Waals surface area contributed by atoms with Crippen LogP contribution in [0, 0.1) is 0 Å². The number of amides is 1. The van der Waals surface area contributed by atoms with Gasteiger partial charge in [0.05, 0.1) is 25.7 Å². The van der Waals surface area contributed by atoms with Crippen LogP contribution in [0.15, 0.2) is 24.3 Å². The molecule has 3 rings (SSSR count). The molecule has 2 aliphatic heterocycles. The lowest BCUT2D eigenvalue weighted by Gasteiger charge is -2.37. The van der Waals surface area contributed by atoms with E-state index in [9.17, 15) is 4.79 Å². The number of likely N-dealkylation sites (tertiary alicyclic amines) is 1. The third-order valence-corrected chi connectivity index (χ3v) is 4.74. The molecular formula is C17H23ClN2O2. The highest BCUT2D eigenvalue weighted by Crippen LogP contribution is 2.16. The summed E-state index contributed by atoms with van der Waals surface area (Å²) >= 11 is 5.90. The smallest absolute Gasteiger partial charge is 0.227 e. The summed E-state index contributed by atoms with van der Waals surface area (Å²) in [6.07, 6.45) is 2.98. The van der Waals surface area contributed by atoms with Crippen LogP contribution in [-0.2, 0) is 16.0 Å². The fourth-order valence-corrected chi connectivity index (χ4v) is 3.40. The lowest BCUT2D eigenvalue weighted by molar-refractivity contribution is -0.139. The Morgan fingerprint density at radius 2 is 1.91 bits per heavy atom. The molecule has 1 aromatic carbocycles. The van der Waals surface area contributed by atoms with Crippen molar-refractivity contribution >= 4 is 17.5 Å². The normalized spacial score (nSPS) is 23.0. The SMILES string of the molecule is O=C(Cc1ccc(Cl)cc1)N1CCOCC1CN1CCCC1. The molecule has 0 spiro atoms. The van der Waals surface area contributed by atoms with E-state index >= 15 is 0 Å². The molecule has 2 fully saturated rings. The van der Waals surface area contributed by atoms with Gasteiger partial charge in [0.1, 0.15) is 0 Å². The molecule has 0 aliphatic carbocycles. The van der Waals surface area contributed by atoms with Crippen LogP contribution in [0.5, 0.6) is 0 Å². The third-order valence-electron chi connectivity index (χ3n) is 4.48. The standard InChI is InChI=1S/C17H23ClN2O2/c18-15-5-3-14(4-6-15)11-17(21)20-9-10-22-13-16(20)12-19-7-1-2-8-19/h3-6,16H,1-2,7-13H2. The van der Waals surface area contributed by atoms with Gasteiger partial charge in [-0.25, -0.2) is 0 Å². The van der Waals surface area contributed by atoms with E-state index in [1.54, 1.807) is 0 Å². The summed E-state index contributed by atoms with van der Waals surface area (Å²) in [5.74, 6) is 0.190. The van der Waals surface area contributed by atoms with Gasteiger partial charge in [0.25, 0.3) is 0 Å². The Labute approximate surface area is 137 Å². The summed E-state index contributed by atoms with van der Waals surface area (Å²) in [6.45, 7) is 5.23. The molecule has 22 heavy (non-hydrogen) atoms. The first-order valence-corrected chi connectivity index (χ1v) is 8.44. The van der Waals surface area contributed by atoms with Crippen molar-refractivity contribution < 1.29 is 9.53 Å². The van der Waals surface area contributed by atoms with Crippen molar-refractivity contribution in [2.75, 3.05) is 39.4 Å². The quantitative estimate of drug-likeness (QED) is 0.852. The molecule has 4 nitrogen and oxygen atoms in total. The molecule has 0 bridgehead atoms. The lowest BCUT2D eigenvalue weighted by Crippen LogP contribution is -2.53. The van der Waals surface area contributed by atoms with Crippen LogP contribution in [0.2, 0.25) is 5.02 Å². The van der Waals surface area contributed by atoms with Crippen LogP contribution < -0.4 is 0 Å². The first-order valence-electron chi connectivity index (χ1n) is 8.06. The molecule has 5 heteroatoms. The van der Waals surface area contributed by atoms with Crippen molar-refractivity contribution in [3.05, 3.63) is 34.9 Å². The predicted molar refractivity (Wildman–Crippen MR) is 87.2 cm³/mol. The molecule has 120 valence electrons. The molecule has 2 heterocycles. The summed E-state index contributed by atoms with van der Waals surface area (Å²) in [4.78, 5) is 17.1. The van der Waals surface area contributed by atoms with E-state index in [1.807, 2.05) is 29.2 Å². The van der Waals surface area contributed by atoms with Crippen molar-refractivity contribution in [3.8, 4) is 0 Å². The Kier molecular flexibility index (Phi) is 5.34. The molecule has 1 amide bonds. The Balaban J connectivity index is 1.61. The molecule has 1 unspecified atom stereocenters. The molecule has 0 radical (unpaired) electrons. The van der Waals surface area contributed by atoms with Crippen LogP contribution in [-0.4, -0.2) is 61.1 Å². The van der Waals surface area contributed by atoms with E-state index in [4.69, 9.17) is 16.3 Å². The highest BCUT2D eigenvalue weighted by molar-refractivity contribution is 6.30. The minimum absolute atomic E-state index is 0.187. The lowest BCUT2D eigenvalue weighted by atomic mass is 10.1. The predicted octanol–water partition coefficient (Wildman–Crippen LogP) is 2.21. The first kappa shape index (κ1) is 15.8. The van der Waals surface area contributed by atoms with Gasteiger partial charge in [-0.2, -0.15) is 0 Å². The van der Waals surface area contributed by atoms with E-state index in [0.29, 0.717) is 31.2 Å². The Bertz CT molecular complexity index is 500. The highest BCUT2D eigenvalue weighted by Gasteiger charge is 2.29. The summed E-state index contributed by atoms with van der Waals surface area (Å²) < 4.78 is 5.60. The number of carbonyl (C=O) groups excluding carboxylic acids is 1. The van der Waals surface area contributed by atoms with Crippen LogP contribution in [0.1, 0.15) is 18.4 Å². The van der Waals surface area contributed by atoms with Crippen molar-refractivity contribution in [2.45, 2.75) is 25.3 Å². The number of hydrogen-bond acceptors (Lipinski definition) is 3. The second-order valence-electron chi connectivity index (χ2n) is 6.13. The number of ether oxygens (including phenoxy) is 1. The first-order chi connectivity index (χ1) is 10.7. The van der Waals surface area contributed by atoms with E-state index in [2.05, 4.69) is 4.90 Å². The van der Waals surface area contributed by atoms with E-state index < -0.39 is 0 Å². The molecule has 1 aromatic rings. The molecule has 0 aromatic heterocycles. The maximum Gasteiger partial charge on any atom is 0.227 e. The second-order valence-corrected chi connectivity index (χ2v) is 6.56. The number of rotatable bonds is 4. The van der Waals surface area contributed by atoms with Crippen molar-refractivity contribution in [3.63, 3.8) is 0 Å². The number of morpholine rings is 1. The van der Waals surface area contributed by atoms with Gasteiger partial charge in [-0.05, 0) is 43.6 Å². The average Bonchev–Trinajstić information content (AvgIpc) is 3.03. The van der Waals surface area contributed by atoms with Crippen molar-refractivity contribution in [1.29, 1.82) is 0 Å².